The van der Waals surface area contributed by atoms with Crippen LogP contribution in [0.2, 0.25) is 0 Å². The normalized spacial score (nSPS) is 18.2. The zero-order chi connectivity index (χ0) is 24.9. The molecule has 184 valence electrons. The molecule has 2 amide bonds. The van der Waals surface area contributed by atoms with E-state index in [1.807, 2.05) is 25.1 Å². The van der Waals surface area contributed by atoms with Gasteiger partial charge >= 0.3 is 6.03 Å². The number of aliphatic hydroxyl groups is 2. The van der Waals surface area contributed by atoms with Crippen LogP contribution < -0.4 is 19.9 Å². The fourth-order valence-electron chi connectivity index (χ4n) is 4.13. The van der Waals surface area contributed by atoms with E-state index in [0.717, 1.165) is 36.5 Å². The van der Waals surface area contributed by atoms with Crippen molar-refractivity contribution >= 4 is 34.6 Å². The molecule has 2 aliphatic rings. The van der Waals surface area contributed by atoms with Crippen LogP contribution in [-0.2, 0) is 0 Å². The van der Waals surface area contributed by atoms with Gasteiger partial charge in [0.05, 0.1) is 24.0 Å². The number of aliphatic imine (C=N–C) groups is 1. The molecule has 10 nitrogen and oxygen atoms in total. The minimum Gasteiger partial charge on any atom is -0.475 e. The van der Waals surface area contributed by atoms with Crippen LogP contribution in [0.5, 0.6) is 5.88 Å². The largest absolute Gasteiger partial charge is 0.475 e. The number of urea groups is 1. The Morgan fingerprint density at radius 1 is 1.37 bits per heavy atom. The van der Waals surface area contributed by atoms with Gasteiger partial charge in [0.15, 0.2) is 5.82 Å². The van der Waals surface area contributed by atoms with Gasteiger partial charge in [-0.15, -0.1) is 0 Å². The highest BCUT2D eigenvalue weighted by Crippen LogP contribution is 2.39. The quantitative estimate of drug-likeness (QED) is 0.393. The van der Waals surface area contributed by atoms with E-state index in [1.165, 1.54) is 0 Å². The van der Waals surface area contributed by atoms with Crippen molar-refractivity contribution in [3.05, 3.63) is 54.8 Å². The highest BCUT2D eigenvalue weighted by atomic mass is 16.5. The average molecular weight is 479 g/mol. The highest BCUT2D eigenvalue weighted by Gasteiger charge is 2.40. The Balaban J connectivity index is 1.61. The number of carbonyl (C=O) groups is 1. The van der Waals surface area contributed by atoms with Gasteiger partial charge in [0.1, 0.15) is 18.5 Å². The number of aromatic nitrogens is 2. The molecule has 0 aliphatic carbocycles. The number of aliphatic hydroxyl groups excluding tert-OH is 2. The third-order valence-corrected chi connectivity index (χ3v) is 6.00. The number of rotatable bonds is 8. The van der Waals surface area contributed by atoms with Crippen LogP contribution in [0.4, 0.5) is 22.1 Å². The van der Waals surface area contributed by atoms with Crippen molar-refractivity contribution in [2.45, 2.75) is 25.5 Å². The van der Waals surface area contributed by atoms with Gasteiger partial charge in [-0.05, 0) is 37.6 Å². The fraction of sp³-hybridized carbons (Fsp3) is 0.360. The topological polar surface area (TPSA) is 123 Å². The van der Waals surface area contributed by atoms with Crippen molar-refractivity contribution < 1.29 is 19.7 Å². The number of pyridine rings is 2. The van der Waals surface area contributed by atoms with Crippen LogP contribution in [0.3, 0.4) is 0 Å². The minimum atomic E-state index is -1.01. The van der Waals surface area contributed by atoms with Crippen molar-refractivity contribution in [2.24, 2.45) is 4.99 Å². The molecular formula is C25H30N6O4. The van der Waals surface area contributed by atoms with Gasteiger partial charge in [-0.3, -0.25) is 15.2 Å². The van der Waals surface area contributed by atoms with Crippen LogP contribution >= 0.6 is 0 Å². The number of anilines is 3. The molecule has 0 spiro atoms. The number of fused-ring (bicyclic) bond motifs is 4. The van der Waals surface area contributed by atoms with E-state index < -0.39 is 12.7 Å². The lowest BCUT2D eigenvalue weighted by molar-refractivity contribution is 0.0521. The van der Waals surface area contributed by atoms with Crippen LogP contribution in [-0.4, -0.2) is 77.4 Å². The van der Waals surface area contributed by atoms with Crippen LogP contribution in [0.15, 0.2) is 54.1 Å². The second-order valence-electron chi connectivity index (χ2n) is 8.41. The summed E-state index contributed by atoms with van der Waals surface area (Å²) < 4.78 is 5.40. The van der Waals surface area contributed by atoms with E-state index in [0.29, 0.717) is 17.3 Å². The van der Waals surface area contributed by atoms with Crippen LogP contribution in [0.1, 0.15) is 19.0 Å². The maximum atomic E-state index is 13.5. The summed E-state index contributed by atoms with van der Waals surface area (Å²) in [7, 11) is 1.73. The molecule has 2 aromatic heterocycles. The molecule has 0 saturated carbocycles. The lowest BCUT2D eigenvalue weighted by atomic mass is 10.1. The zero-order valence-electron chi connectivity index (χ0n) is 19.9. The summed E-state index contributed by atoms with van der Waals surface area (Å²) in [5, 5.41) is 21.3. The van der Waals surface area contributed by atoms with Gasteiger partial charge in [0.25, 0.3) is 0 Å². The summed E-state index contributed by atoms with van der Waals surface area (Å²) >= 11 is 0. The van der Waals surface area contributed by atoms with E-state index >= 15 is 0 Å². The molecule has 0 aromatic carbocycles. The lowest BCUT2D eigenvalue weighted by Gasteiger charge is -2.35. The Morgan fingerprint density at radius 2 is 2.20 bits per heavy atom. The average Bonchev–Trinajstić information content (AvgIpc) is 3.29. The standard InChI is InChI=1S/C25H30N6O4/c1-4-17(12-16(2)26-3)20-8-9-21-24(27-20)31(18-10-11-30(21)13-18)25(34)29-22-6-5-7-23(28-22)35-15-19(33)14-32/h4-9,12,18-19,32-33H,1,10-11,13-15H2,2-3H3,(H,28,29,34)/b17-12+,26-16-/t18-,19-/m0/s1. The smallest absolute Gasteiger partial charge is 0.329 e. The number of hydrogen-bond acceptors (Lipinski definition) is 8. The Morgan fingerprint density at radius 3 is 2.94 bits per heavy atom. The molecule has 1 saturated heterocycles. The molecular weight excluding hydrogens is 448 g/mol. The summed E-state index contributed by atoms with van der Waals surface area (Å²) in [4.78, 5) is 30.8. The van der Waals surface area contributed by atoms with Crippen molar-refractivity contribution in [1.82, 2.24) is 9.97 Å². The first-order valence-corrected chi connectivity index (χ1v) is 11.5. The van der Waals surface area contributed by atoms with Gasteiger partial charge in [-0.2, -0.15) is 4.98 Å². The predicted molar refractivity (Wildman–Crippen MR) is 136 cm³/mol. The van der Waals surface area contributed by atoms with E-state index in [1.54, 1.807) is 36.2 Å². The van der Waals surface area contributed by atoms with Crippen molar-refractivity contribution in [2.75, 3.05) is 48.5 Å². The summed E-state index contributed by atoms with van der Waals surface area (Å²) in [6, 6.07) is 8.55. The summed E-state index contributed by atoms with van der Waals surface area (Å²) in [6.07, 6.45) is 3.47. The molecule has 2 atom stereocenters. The van der Waals surface area contributed by atoms with Gasteiger partial charge < -0.3 is 19.8 Å². The van der Waals surface area contributed by atoms with Crippen molar-refractivity contribution in [1.29, 1.82) is 0 Å². The van der Waals surface area contributed by atoms with E-state index in [4.69, 9.17) is 14.8 Å². The molecule has 4 heterocycles. The minimum absolute atomic E-state index is 0.0144. The summed E-state index contributed by atoms with van der Waals surface area (Å²) in [5.74, 6) is 1.13. The van der Waals surface area contributed by atoms with Gasteiger partial charge in [0.2, 0.25) is 5.88 Å². The lowest BCUT2D eigenvalue weighted by Crippen LogP contribution is -2.48. The SMILES string of the molecule is C=C/C(=C\C(C)=N/C)c1ccc2c(n1)N(C(=O)Nc1cccc(OC[C@@H](O)CO)n1)[C@H]1CCN2C1. The number of nitrogens with one attached hydrogen (secondary N) is 1. The maximum Gasteiger partial charge on any atom is 0.329 e. The third-order valence-electron chi connectivity index (χ3n) is 6.00. The van der Waals surface area contributed by atoms with Gasteiger partial charge in [-0.1, -0.05) is 18.7 Å². The molecule has 0 radical (unpaired) electrons. The highest BCUT2D eigenvalue weighted by molar-refractivity contribution is 6.05. The van der Waals surface area contributed by atoms with Crippen LogP contribution in [0, 0.1) is 0 Å². The first-order valence-electron chi connectivity index (χ1n) is 11.5. The van der Waals surface area contributed by atoms with Crippen molar-refractivity contribution in [3.63, 3.8) is 0 Å². The number of amides is 2. The van der Waals surface area contributed by atoms with Gasteiger partial charge in [-0.25, -0.2) is 9.78 Å². The Labute approximate surface area is 204 Å². The molecule has 3 N–H and O–H groups in total. The number of hydrogen-bond donors (Lipinski definition) is 3. The second-order valence-corrected chi connectivity index (χ2v) is 8.41. The molecule has 0 unspecified atom stereocenters. The third kappa shape index (κ3) is 5.33. The zero-order valence-corrected chi connectivity index (χ0v) is 19.9. The summed E-state index contributed by atoms with van der Waals surface area (Å²) in [6.45, 7) is 6.89. The van der Waals surface area contributed by atoms with Gasteiger partial charge in [0, 0.05) is 37.5 Å². The molecule has 35 heavy (non-hydrogen) atoms. The van der Waals surface area contributed by atoms with Crippen molar-refractivity contribution in [3.8, 4) is 5.88 Å². The van der Waals surface area contributed by atoms with E-state index in [2.05, 4.69) is 26.8 Å². The van der Waals surface area contributed by atoms with Crippen LogP contribution in [0.25, 0.3) is 5.57 Å². The second kappa shape index (κ2) is 10.7. The molecule has 2 aliphatic heterocycles. The Hall–Kier alpha value is -3.76. The predicted octanol–water partition coefficient (Wildman–Crippen LogP) is 2.50. The Kier molecular flexibility index (Phi) is 7.42. The maximum absolute atomic E-state index is 13.5. The van der Waals surface area contributed by atoms with E-state index in [9.17, 15) is 9.90 Å². The number of allylic oxidation sites excluding steroid dienone is 3. The number of ether oxygens (including phenoxy) is 1. The molecule has 2 bridgehead atoms. The molecule has 10 heteroatoms. The molecule has 1 fully saturated rings. The number of nitrogens with zero attached hydrogens (tertiary/aromatic N) is 5. The first-order chi connectivity index (χ1) is 16.9. The molecule has 4 rings (SSSR count). The van der Waals surface area contributed by atoms with E-state index in [-0.39, 0.29) is 24.6 Å². The first kappa shape index (κ1) is 24.4. The fourth-order valence-corrected chi connectivity index (χ4v) is 4.13. The monoisotopic (exact) mass is 478 g/mol. The number of carbonyl (C=O) groups excluding carboxylic acids is 1. The Bertz CT molecular complexity index is 1160. The molecule has 2 aromatic rings. The summed E-state index contributed by atoms with van der Waals surface area (Å²) in [5.41, 5.74) is 3.28.